The summed E-state index contributed by atoms with van der Waals surface area (Å²) in [5.41, 5.74) is 8.07. The Morgan fingerprint density at radius 2 is 2.17 bits per heavy atom. The molecule has 1 atom stereocenters. The Balaban J connectivity index is 2.16. The van der Waals surface area contributed by atoms with Crippen molar-refractivity contribution in [2.75, 3.05) is 7.11 Å². The van der Waals surface area contributed by atoms with Crippen molar-refractivity contribution in [1.29, 1.82) is 0 Å². The second-order valence-corrected chi connectivity index (χ2v) is 4.81. The van der Waals surface area contributed by atoms with Crippen molar-refractivity contribution >= 4 is 15.9 Å². The number of nitrogens with zero attached hydrogens (tertiary/aromatic N) is 2. The fourth-order valence-electron chi connectivity index (χ4n) is 1.73. The number of pyridine rings is 2. The molecule has 2 aromatic heterocycles. The highest BCUT2D eigenvalue weighted by Crippen LogP contribution is 2.24. The predicted molar refractivity (Wildman–Crippen MR) is 73.4 cm³/mol. The summed E-state index contributed by atoms with van der Waals surface area (Å²) in [6.07, 6.45) is 5.82. The van der Waals surface area contributed by atoms with Crippen LogP contribution in [0.25, 0.3) is 0 Å². The number of halogens is 1. The van der Waals surface area contributed by atoms with Crippen molar-refractivity contribution in [1.82, 2.24) is 9.97 Å². The minimum absolute atomic E-state index is 0.156. The van der Waals surface area contributed by atoms with Crippen LogP contribution in [0.4, 0.5) is 0 Å². The van der Waals surface area contributed by atoms with Crippen molar-refractivity contribution in [3.05, 3.63) is 52.5 Å². The van der Waals surface area contributed by atoms with E-state index in [2.05, 4.69) is 25.9 Å². The largest absolute Gasteiger partial charge is 0.495 e. The van der Waals surface area contributed by atoms with Gasteiger partial charge in [-0.15, -0.1) is 0 Å². The Bertz CT molecular complexity index is 516. The average Bonchev–Trinajstić information content (AvgIpc) is 2.41. The molecule has 18 heavy (non-hydrogen) atoms. The molecule has 0 radical (unpaired) electrons. The summed E-state index contributed by atoms with van der Waals surface area (Å²) in [5.74, 6) is 0.710. The summed E-state index contributed by atoms with van der Waals surface area (Å²) in [4.78, 5) is 8.33. The molecule has 0 spiro atoms. The monoisotopic (exact) mass is 307 g/mol. The maximum Gasteiger partial charge on any atom is 0.141 e. The van der Waals surface area contributed by atoms with Crippen molar-refractivity contribution < 1.29 is 4.74 Å². The van der Waals surface area contributed by atoms with Gasteiger partial charge in [0.25, 0.3) is 0 Å². The molecule has 4 nitrogen and oxygen atoms in total. The number of hydrogen-bond acceptors (Lipinski definition) is 4. The molecular formula is C13H14BrN3O. The van der Waals surface area contributed by atoms with E-state index in [4.69, 9.17) is 10.5 Å². The summed E-state index contributed by atoms with van der Waals surface area (Å²) in [7, 11) is 1.62. The van der Waals surface area contributed by atoms with Crippen molar-refractivity contribution in [2.45, 2.75) is 12.5 Å². The van der Waals surface area contributed by atoms with Crippen LogP contribution in [-0.2, 0) is 6.42 Å². The Hall–Kier alpha value is -1.46. The number of nitrogens with two attached hydrogens (primary N) is 1. The van der Waals surface area contributed by atoms with Crippen LogP contribution in [0, 0.1) is 0 Å². The lowest BCUT2D eigenvalue weighted by Crippen LogP contribution is -2.15. The highest BCUT2D eigenvalue weighted by Gasteiger charge is 2.12. The summed E-state index contributed by atoms with van der Waals surface area (Å²) < 4.78 is 6.21. The normalized spacial score (nSPS) is 12.2. The van der Waals surface area contributed by atoms with Gasteiger partial charge in [-0.25, -0.2) is 0 Å². The Morgan fingerprint density at radius 3 is 2.83 bits per heavy atom. The lowest BCUT2D eigenvalue weighted by Gasteiger charge is -2.14. The Kier molecular flexibility index (Phi) is 4.28. The van der Waals surface area contributed by atoms with Gasteiger partial charge < -0.3 is 10.5 Å². The smallest absolute Gasteiger partial charge is 0.141 e. The third-order valence-corrected chi connectivity index (χ3v) is 3.12. The predicted octanol–water partition coefficient (Wildman–Crippen LogP) is 2.49. The summed E-state index contributed by atoms with van der Waals surface area (Å²) in [6, 6.07) is 5.63. The summed E-state index contributed by atoms with van der Waals surface area (Å²) in [5, 5.41) is 0. The van der Waals surface area contributed by atoms with E-state index in [1.165, 1.54) is 0 Å². The second-order valence-electron chi connectivity index (χ2n) is 3.90. The van der Waals surface area contributed by atoms with Gasteiger partial charge in [0, 0.05) is 40.6 Å². The van der Waals surface area contributed by atoms with Gasteiger partial charge in [-0.05, 0) is 34.1 Å². The van der Waals surface area contributed by atoms with E-state index in [1.54, 1.807) is 25.7 Å². The zero-order valence-electron chi connectivity index (χ0n) is 10.0. The summed E-state index contributed by atoms with van der Waals surface area (Å²) >= 11 is 3.36. The average molecular weight is 308 g/mol. The standard InChI is InChI=1S/C13H14BrN3O/c1-18-13-8-16-5-4-11(13)12(15)6-10-3-2-9(14)7-17-10/h2-5,7-8,12H,6,15H2,1H3. The fourth-order valence-corrected chi connectivity index (χ4v) is 1.96. The fraction of sp³-hybridized carbons (Fsp3) is 0.231. The maximum absolute atomic E-state index is 6.18. The molecule has 1 unspecified atom stereocenters. The maximum atomic E-state index is 6.18. The molecule has 94 valence electrons. The van der Waals surface area contributed by atoms with Crippen molar-refractivity contribution in [3.63, 3.8) is 0 Å². The molecule has 0 aliphatic carbocycles. The zero-order valence-corrected chi connectivity index (χ0v) is 11.6. The molecule has 2 aromatic rings. The van der Waals surface area contributed by atoms with Crippen LogP contribution in [-0.4, -0.2) is 17.1 Å². The minimum Gasteiger partial charge on any atom is -0.495 e. The first-order valence-corrected chi connectivity index (χ1v) is 6.34. The van der Waals surface area contributed by atoms with Crippen LogP contribution in [0.3, 0.4) is 0 Å². The van der Waals surface area contributed by atoms with E-state index in [1.807, 2.05) is 18.2 Å². The van der Waals surface area contributed by atoms with Gasteiger partial charge >= 0.3 is 0 Å². The molecule has 0 aliphatic rings. The van der Waals surface area contributed by atoms with E-state index < -0.39 is 0 Å². The molecule has 2 N–H and O–H groups in total. The van der Waals surface area contributed by atoms with Crippen LogP contribution in [0.15, 0.2) is 41.3 Å². The molecule has 0 aromatic carbocycles. The van der Waals surface area contributed by atoms with Gasteiger partial charge in [0.1, 0.15) is 5.75 Å². The first-order valence-electron chi connectivity index (χ1n) is 5.54. The van der Waals surface area contributed by atoms with Gasteiger partial charge in [-0.3, -0.25) is 9.97 Å². The molecule has 0 bridgehead atoms. The van der Waals surface area contributed by atoms with Crippen LogP contribution < -0.4 is 10.5 Å². The van der Waals surface area contributed by atoms with Gasteiger partial charge in [-0.2, -0.15) is 0 Å². The number of hydrogen-bond donors (Lipinski definition) is 1. The molecule has 0 aliphatic heterocycles. The van der Waals surface area contributed by atoms with E-state index in [9.17, 15) is 0 Å². The molecule has 5 heteroatoms. The highest BCUT2D eigenvalue weighted by atomic mass is 79.9. The number of aromatic nitrogens is 2. The molecule has 0 amide bonds. The molecule has 0 saturated carbocycles. The summed E-state index contributed by atoms with van der Waals surface area (Å²) in [6.45, 7) is 0. The van der Waals surface area contributed by atoms with Crippen molar-refractivity contribution in [3.8, 4) is 5.75 Å². The van der Waals surface area contributed by atoms with E-state index in [-0.39, 0.29) is 6.04 Å². The SMILES string of the molecule is COc1cnccc1C(N)Cc1ccc(Br)cn1. The zero-order chi connectivity index (χ0) is 13.0. The third-order valence-electron chi connectivity index (χ3n) is 2.65. The van der Waals surface area contributed by atoms with Gasteiger partial charge in [-0.1, -0.05) is 0 Å². The molecule has 0 saturated heterocycles. The molecule has 0 fully saturated rings. The third kappa shape index (κ3) is 3.05. The van der Waals surface area contributed by atoms with Crippen LogP contribution in [0.5, 0.6) is 5.75 Å². The van der Waals surface area contributed by atoms with Crippen LogP contribution in [0.2, 0.25) is 0 Å². The van der Waals surface area contributed by atoms with Crippen LogP contribution in [0.1, 0.15) is 17.3 Å². The second kappa shape index (κ2) is 5.93. The highest BCUT2D eigenvalue weighted by molar-refractivity contribution is 9.10. The number of rotatable bonds is 4. The van der Waals surface area contributed by atoms with Gasteiger partial charge in [0.15, 0.2) is 0 Å². The number of ether oxygens (including phenoxy) is 1. The van der Waals surface area contributed by atoms with E-state index in [0.717, 1.165) is 15.7 Å². The first kappa shape index (κ1) is 13.0. The minimum atomic E-state index is -0.156. The lowest BCUT2D eigenvalue weighted by molar-refractivity contribution is 0.403. The number of methoxy groups -OCH3 is 1. The lowest BCUT2D eigenvalue weighted by atomic mass is 10.0. The van der Waals surface area contributed by atoms with Gasteiger partial charge in [0.05, 0.1) is 13.3 Å². The van der Waals surface area contributed by atoms with E-state index in [0.29, 0.717) is 12.2 Å². The van der Waals surface area contributed by atoms with E-state index >= 15 is 0 Å². The van der Waals surface area contributed by atoms with Gasteiger partial charge in [0.2, 0.25) is 0 Å². The topological polar surface area (TPSA) is 61.0 Å². The Morgan fingerprint density at radius 1 is 1.33 bits per heavy atom. The first-order chi connectivity index (χ1) is 8.70. The molecular weight excluding hydrogens is 294 g/mol. The van der Waals surface area contributed by atoms with Crippen LogP contribution >= 0.6 is 15.9 Å². The molecule has 2 rings (SSSR count). The molecule has 2 heterocycles. The Labute approximate surface area is 114 Å². The van der Waals surface area contributed by atoms with Crippen molar-refractivity contribution in [2.24, 2.45) is 5.73 Å². The quantitative estimate of drug-likeness (QED) is 0.942.